The minimum atomic E-state index is -0.371. The lowest BCUT2D eigenvalue weighted by Crippen LogP contribution is -2.48. The van der Waals surface area contributed by atoms with Gasteiger partial charge in [-0.1, -0.05) is 12.1 Å². The van der Waals surface area contributed by atoms with Gasteiger partial charge in [-0.25, -0.2) is 14.1 Å². The summed E-state index contributed by atoms with van der Waals surface area (Å²) in [5.41, 5.74) is 0.522. The maximum atomic E-state index is 13.7. The molecule has 0 saturated carbocycles. The van der Waals surface area contributed by atoms with E-state index in [0.717, 1.165) is 4.88 Å². The zero-order valence-electron chi connectivity index (χ0n) is 15.0. The highest BCUT2D eigenvalue weighted by Gasteiger charge is 2.30. The SMILES string of the molecule is C[C@@H]1CN(C(=O)c2nc(-c3cccs3)n(-c3cccc(F)c3)n2)C[C@H](C)O1. The van der Waals surface area contributed by atoms with Gasteiger partial charge in [-0.2, -0.15) is 0 Å². The molecule has 4 rings (SSSR count). The lowest BCUT2D eigenvalue weighted by Gasteiger charge is -2.34. The van der Waals surface area contributed by atoms with Gasteiger partial charge in [0, 0.05) is 13.1 Å². The monoisotopic (exact) mass is 386 g/mol. The van der Waals surface area contributed by atoms with Gasteiger partial charge >= 0.3 is 0 Å². The van der Waals surface area contributed by atoms with Crippen LogP contribution in [-0.2, 0) is 4.74 Å². The standard InChI is InChI=1S/C19H19FN4O2S/c1-12-10-23(11-13(2)26-12)19(25)17-21-18(16-7-4-8-27-16)24(22-17)15-6-3-5-14(20)9-15/h3-9,12-13H,10-11H2,1-2H3/t12-,13+. The van der Waals surface area contributed by atoms with Crippen molar-refractivity contribution >= 4 is 17.2 Å². The van der Waals surface area contributed by atoms with Crippen LogP contribution < -0.4 is 0 Å². The Morgan fingerprint density at radius 2 is 2.00 bits per heavy atom. The third-order valence-electron chi connectivity index (χ3n) is 4.30. The normalized spacial score (nSPS) is 20.0. The lowest BCUT2D eigenvalue weighted by atomic mass is 10.2. The first-order chi connectivity index (χ1) is 13.0. The molecule has 0 N–H and O–H groups in total. The van der Waals surface area contributed by atoms with Crippen molar-refractivity contribution in [2.75, 3.05) is 13.1 Å². The van der Waals surface area contributed by atoms with Gasteiger partial charge in [-0.05, 0) is 43.5 Å². The molecule has 6 nitrogen and oxygen atoms in total. The third kappa shape index (κ3) is 3.63. The highest BCUT2D eigenvalue weighted by Crippen LogP contribution is 2.26. The topological polar surface area (TPSA) is 60.2 Å². The predicted molar refractivity (Wildman–Crippen MR) is 101 cm³/mol. The maximum absolute atomic E-state index is 13.7. The van der Waals surface area contributed by atoms with Crippen LogP contribution in [-0.4, -0.2) is 50.9 Å². The second-order valence-electron chi connectivity index (χ2n) is 6.60. The Kier molecular flexibility index (Phi) is 4.75. The summed E-state index contributed by atoms with van der Waals surface area (Å²) in [5, 5.41) is 6.34. The number of rotatable bonds is 3. The molecule has 1 aromatic carbocycles. The van der Waals surface area contributed by atoms with Crippen LogP contribution in [0.2, 0.25) is 0 Å². The van der Waals surface area contributed by atoms with E-state index in [0.29, 0.717) is 24.6 Å². The molecule has 2 atom stereocenters. The van der Waals surface area contributed by atoms with Crippen LogP contribution in [0, 0.1) is 5.82 Å². The molecule has 0 aliphatic carbocycles. The third-order valence-corrected chi connectivity index (χ3v) is 5.17. The maximum Gasteiger partial charge on any atom is 0.293 e. The highest BCUT2D eigenvalue weighted by molar-refractivity contribution is 7.13. The second kappa shape index (κ2) is 7.21. The quantitative estimate of drug-likeness (QED) is 0.692. The molecule has 1 amide bonds. The number of morpholine rings is 1. The number of benzene rings is 1. The summed E-state index contributed by atoms with van der Waals surface area (Å²) in [6.07, 6.45) is -0.0838. The Bertz CT molecular complexity index is 947. The second-order valence-corrected chi connectivity index (χ2v) is 7.54. The van der Waals surface area contributed by atoms with Crippen molar-refractivity contribution in [1.82, 2.24) is 19.7 Å². The molecule has 3 aromatic rings. The number of halogens is 1. The first-order valence-electron chi connectivity index (χ1n) is 8.73. The minimum Gasteiger partial charge on any atom is -0.372 e. The molecule has 1 saturated heterocycles. The molecule has 0 radical (unpaired) electrons. The zero-order chi connectivity index (χ0) is 19.0. The van der Waals surface area contributed by atoms with Gasteiger partial charge in [-0.3, -0.25) is 4.79 Å². The van der Waals surface area contributed by atoms with Crippen molar-refractivity contribution in [3.8, 4) is 16.4 Å². The van der Waals surface area contributed by atoms with Crippen LogP contribution in [0.15, 0.2) is 41.8 Å². The Balaban J connectivity index is 1.74. The minimum absolute atomic E-state index is 0.0419. The lowest BCUT2D eigenvalue weighted by molar-refractivity contribution is -0.0588. The Morgan fingerprint density at radius 3 is 2.67 bits per heavy atom. The van der Waals surface area contributed by atoms with E-state index in [1.54, 1.807) is 17.0 Å². The Morgan fingerprint density at radius 1 is 1.22 bits per heavy atom. The average molecular weight is 386 g/mol. The molecule has 0 bridgehead atoms. The van der Waals surface area contributed by atoms with Crippen LogP contribution in [0.25, 0.3) is 16.4 Å². The number of carbonyl (C=O) groups is 1. The van der Waals surface area contributed by atoms with Crippen molar-refractivity contribution in [1.29, 1.82) is 0 Å². The number of carbonyl (C=O) groups excluding carboxylic acids is 1. The van der Waals surface area contributed by atoms with Crippen LogP contribution >= 0.6 is 11.3 Å². The Labute approximate surface area is 160 Å². The molecule has 1 aliphatic heterocycles. The summed E-state index contributed by atoms with van der Waals surface area (Å²) in [4.78, 5) is 20.0. The van der Waals surface area contributed by atoms with E-state index in [4.69, 9.17) is 4.74 Å². The van der Waals surface area contributed by atoms with Gasteiger partial charge in [0.2, 0.25) is 5.82 Å². The largest absolute Gasteiger partial charge is 0.372 e. The summed E-state index contributed by atoms with van der Waals surface area (Å²) < 4.78 is 20.9. The van der Waals surface area contributed by atoms with E-state index in [1.807, 2.05) is 31.4 Å². The van der Waals surface area contributed by atoms with Crippen LogP contribution in [0.1, 0.15) is 24.5 Å². The fourth-order valence-electron chi connectivity index (χ4n) is 3.24. The number of thiophene rings is 1. The molecule has 1 aliphatic rings. The number of aromatic nitrogens is 3. The number of hydrogen-bond acceptors (Lipinski definition) is 5. The molecule has 0 unspecified atom stereocenters. The molecular formula is C19H19FN4O2S. The van der Waals surface area contributed by atoms with Crippen molar-refractivity contribution in [2.45, 2.75) is 26.1 Å². The highest BCUT2D eigenvalue weighted by atomic mass is 32.1. The predicted octanol–water partition coefficient (Wildman–Crippen LogP) is 3.38. The molecule has 0 spiro atoms. The average Bonchev–Trinajstić information content (AvgIpc) is 3.29. The van der Waals surface area contributed by atoms with Crippen LogP contribution in [0.5, 0.6) is 0 Å². The number of ether oxygens (including phenoxy) is 1. The summed E-state index contributed by atoms with van der Waals surface area (Å²) in [6, 6.07) is 9.89. The van der Waals surface area contributed by atoms with Gasteiger partial charge in [-0.15, -0.1) is 16.4 Å². The molecule has 3 heterocycles. The van der Waals surface area contributed by atoms with Gasteiger partial charge < -0.3 is 9.64 Å². The first kappa shape index (κ1) is 17.8. The molecule has 1 fully saturated rings. The zero-order valence-corrected chi connectivity index (χ0v) is 15.8. The fraction of sp³-hybridized carbons (Fsp3) is 0.316. The summed E-state index contributed by atoms with van der Waals surface area (Å²) >= 11 is 1.49. The van der Waals surface area contributed by atoms with Crippen LogP contribution in [0.4, 0.5) is 4.39 Å². The van der Waals surface area contributed by atoms with E-state index in [1.165, 1.54) is 28.2 Å². The summed E-state index contributed by atoms with van der Waals surface area (Å²) in [5.74, 6) is 0.00561. The van der Waals surface area contributed by atoms with E-state index in [2.05, 4.69) is 10.1 Å². The van der Waals surface area contributed by atoms with E-state index in [9.17, 15) is 9.18 Å². The molecule has 140 valence electrons. The summed E-state index contributed by atoms with van der Waals surface area (Å²) in [7, 11) is 0. The molecule has 8 heteroatoms. The van der Waals surface area contributed by atoms with Crippen molar-refractivity contribution < 1.29 is 13.9 Å². The number of hydrogen-bond donors (Lipinski definition) is 0. The fourth-order valence-corrected chi connectivity index (χ4v) is 3.94. The van der Waals surface area contributed by atoms with Gasteiger partial charge in [0.1, 0.15) is 5.82 Å². The van der Waals surface area contributed by atoms with E-state index >= 15 is 0 Å². The van der Waals surface area contributed by atoms with E-state index < -0.39 is 0 Å². The van der Waals surface area contributed by atoms with Crippen molar-refractivity contribution in [3.63, 3.8) is 0 Å². The van der Waals surface area contributed by atoms with Gasteiger partial charge in [0.25, 0.3) is 5.91 Å². The van der Waals surface area contributed by atoms with Gasteiger partial charge in [0.05, 0.1) is 22.8 Å². The number of amides is 1. The molecular weight excluding hydrogens is 367 g/mol. The van der Waals surface area contributed by atoms with E-state index in [-0.39, 0.29) is 29.8 Å². The van der Waals surface area contributed by atoms with Crippen molar-refractivity contribution in [3.05, 3.63) is 53.4 Å². The Hall–Kier alpha value is -2.58. The van der Waals surface area contributed by atoms with Crippen molar-refractivity contribution in [2.24, 2.45) is 0 Å². The van der Waals surface area contributed by atoms with Gasteiger partial charge in [0.15, 0.2) is 5.82 Å². The first-order valence-corrected chi connectivity index (χ1v) is 9.61. The smallest absolute Gasteiger partial charge is 0.293 e. The molecule has 27 heavy (non-hydrogen) atoms. The molecule has 2 aromatic heterocycles. The number of nitrogens with zero attached hydrogens (tertiary/aromatic N) is 4. The summed E-state index contributed by atoms with van der Waals surface area (Å²) in [6.45, 7) is 4.86. The van der Waals surface area contributed by atoms with Crippen LogP contribution in [0.3, 0.4) is 0 Å².